The fraction of sp³-hybridized carbons (Fsp3) is 0.182. The van der Waals surface area contributed by atoms with Gasteiger partial charge in [0.1, 0.15) is 0 Å². The molecule has 0 spiro atoms. The lowest BCUT2D eigenvalue weighted by Crippen LogP contribution is -1.98. The summed E-state index contributed by atoms with van der Waals surface area (Å²) in [4.78, 5) is 5.29. The third kappa shape index (κ3) is 2.30. The third-order valence-corrected chi connectivity index (χ3v) is 3.14. The molecule has 0 aliphatic rings. The minimum atomic E-state index is 0.626. The first-order valence-electron chi connectivity index (χ1n) is 4.87. The Hall–Kier alpha value is -1.62. The number of nitrogens with two attached hydrogens (primary N) is 1. The third-order valence-electron chi connectivity index (χ3n) is 2.19. The van der Waals surface area contributed by atoms with E-state index in [0.717, 1.165) is 22.0 Å². The quantitative estimate of drug-likeness (QED) is 0.804. The van der Waals surface area contributed by atoms with Crippen LogP contribution in [-0.2, 0) is 0 Å². The molecule has 0 saturated heterocycles. The van der Waals surface area contributed by atoms with Crippen LogP contribution in [0, 0.1) is 13.8 Å². The Morgan fingerprint density at radius 2 is 1.81 bits per heavy atom. The predicted molar refractivity (Wildman–Crippen MR) is 64.3 cm³/mol. The Kier molecular flexibility index (Phi) is 3.05. The first-order chi connectivity index (χ1) is 7.66. The van der Waals surface area contributed by atoms with Crippen LogP contribution in [0.25, 0.3) is 0 Å². The minimum absolute atomic E-state index is 0.626. The van der Waals surface area contributed by atoms with Crippen LogP contribution < -0.4 is 5.73 Å². The van der Waals surface area contributed by atoms with Crippen molar-refractivity contribution in [2.24, 2.45) is 0 Å². The highest BCUT2D eigenvalue weighted by Crippen LogP contribution is 2.28. The summed E-state index contributed by atoms with van der Waals surface area (Å²) in [5.74, 6) is 0. The van der Waals surface area contributed by atoms with Crippen molar-refractivity contribution in [3.05, 3.63) is 35.7 Å². The molecular weight excluding hydrogens is 220 g/mol. The number of hydrogen-bond acceptors (Lipinski definition) is 5. The van der Waals surface area contributed by atoms with Crippen molar-refractivity contribution in [1.29, 1.82) is 0 Å². The summed E-state index contributed by atoms with van der Waals surface area (Å²) in [6.45, 7) is 3.81. The van der Waals surface area contributed by atoms with Crippen molar-refractivity contribution in [3.63, 3.8) is 0 Å². The van der Waals surface area contributed by atoms with E-state index in [-0.39, 0.29) is 0 Å². The fourth-order valence-corrected chi connectivity index (χ4v) is 1.95. The largest absolute Gasteiger partial charge is 0.398 e. The Morgan fingerprint density at radius 3 is 2.50 bits per heavy atom. The number of aryl methyl sites for hydroxylation is 2. The number of anilines is 1. The standard InChI is InChI=1S/C11H12N4S/c1-7-8(2)14-15-11(13-7)16-10-6-4-3-5-9(10)12/h3-6H,12H2,1-2H3. The molecule has 0 saturated carbocycles. The number of benzene rings is 1. The Morgan fingerprint density at radius 1 is 1.06 bits per heavy atom. The molecule has 0 radical (unpaired) electrons. The van der Waals surface area contributed by atoms with Crippen LogP contribution in [-0.4, -0.2) is 15.2 Å². The summed E-state index contributed by atoms with van der Waals surface area (Å²) in [5, 5.41) is 8.68. The second kappa shape index (κ2) is 4.49. The molecule has 0 atom stereocenters. The van der Waals surface area contributed by atoms with E-state index < -0.39 is 0 Å². The molecule has 2 aromatic rings. The molecule has 0 unspecified atom stereocenters. The predicted octanol–water partition coefficient (Wildman–Crippen LogP) is 2.22. The SMILES string of the molecule is Cc1nnc(Sc2ccccc2N)nc1C. The van der Waals surface area contributed by atoms with Crippen molar-refractivity contribution in [3.8, 4) is 0 Å². The van der Waals surface area contributed by atoms with Gasteiger partial charge in [0.25, 0.3) is 0 Å². The molecule has 0 amide bonds. The van der Waals surface area contributed by atoms with Crippen LogP contribution in [0.15, 0.2) is 34.3 Å². The molecule has 0 aliphatic heterocycles. The van der Waals surface area contributed by atoms with Crippen LogP contribution in [0.2, 0.25) is 0 Å². The maximum Gasteiger partial charge on any atom is 0.214 e. The molecular formula is C11H12N4S. The molecule has 1 heterocycles. The van der Waals surface area contributed by atoms with Crippen molar-refractivity contribution >= 4 is 17.4 Å². The van der Waals surface area contributed by atoms with Gasteiger partial charge in [-0.2, -0.15) is 5.10 Å². The molecule has 1 aromatic carbocycles. The summed E-state index contributed by atoms with van der Waals surface area (Å²) in [7, 11) is 0. The lowest BCUT2D eigenvalue weighted by molar-refractivity contribution is 0.789. The van der Waals surface area contributed by atoms with Crippen molar-refractivity contribution in [2.45, 2.75) is 23.9 Å². The Labute approximate surface area is 98.3 Å². The normalized spacial score (nSPS) is 10.4. The van der Waals surface area contributed by atoms with Crippen LogP contribution in [0.3, 0.4) is 0 Å². The van der Waals surface area contributed by atoms with Crippen molar-refractivity contribution in [1.82, 2.24) is 15.2 Å². The average molecular weight is 232 g/mol. The van der Waals surface area contributed by atoms with Gasteiger partial charge in [0.2, 0.25) is 5.16 Å². The second-order valence-electron chi connectivity index (χ2n) is 3.41. The number of nitrogen functional groups attached to an aromatic ring is 1. The van der Waals surface area contributed by atoms with Gasteiger partial charge in [-0.05, 0) is 37.7 Å². The number of hydrogen-bond donors (Lipinski definition) is 1. The molecule has 1 aromatic heterocycles. The van der Waals surface area contributed by atoms with Gasteiger partial charge in [-0.15, -0.1) is 5.10 Å². The summed E-state index contributed by atoms with van der Waals surface area (Å²) >= 11 is 1.43. The molecule has 2 N–H and O–H groups in total. The lowest BCUT2D eigenvalue weighted by Gasteiger charge is -2.04. The highest BCUT2D eigenvalue weighted by molar-refractivity contribution is 7.99. The van der Waals surface area contributed by atoms with Gasteiger partial charge in [-0.3, -0.25) is 0 Å². The first-order valence-corrected chi connectivity index (χ1v) is 5.69. The number of aromatic nitrogens is 3. The lowest BCUT2D eigenvalue weighted by atomic mass is 10.3. The Bertz CT molecular complexity index is 513. The van der Waals surface area contributed by atoms with E-state index in [1.165, 1.54) is 11.8 Å². The molecule has 0 fully saturated rings. The molecule has 0 aliphatic carbocycles. The summed E-state index contributed by atoms with van der Waals surface area (Å²) in [6, 6.07) is 7.64. The van der Waals surface area contributed by atoms with Crippen LogP contribution >= 0.6 is 11.8 Å². The summed E-state index contributed by atoms with van der Waals surface area (Å²) in [5.41, 5.74) is 8.32. The maximum atomic E-state index is 5.84. The van der Waals surface area contributed by atoms with Gasteiger partial charge in [-0.25, -0.2) is 4.98 Å². The van der Waals surface area contributed by atoms with Gasteiger partial charge in [0.05, 0.1) is 11.4 Å². The van der Waals surface area contributed by atoms with Crippen LogP contribution in [0.5, 0.6) is 0 Å². The minimum Gasteiger partial charge on any atom is -0.398 e. The molecule has 0 bridgehead atoms. The zero-order valence-electron chi connectivity index (χ0n) is 9.14. The highest BCUT2D eigenvalue weighted by atomic mass is 32.2. The fourth-order valence-electron chi connectivity index (χ4n) is 1.15. The number of nitrogens with zero attached hydrogens (tertiary/aromatic N) is 3. The Balaban J connectivity index is 2.28. The van der Waals surface area contributed by atoms with Gasteiger partial charge >= 0.3 is 0 Å². The van der Waals surface area contributed by atoms with Gasteiger partial charge < -0.3 is 5.73 Å². The maximum absolute atomic E-state index is 5.84. The van der Waals surface area contributed by atoms with E-state index in [1.54, 1.807) is 0 Å². The monoisotopic (exact) mass is 232 g/mol. The van der Waals surface area contributed by atoms with E-state index in [9.17, 15) is 0 Å². The van der Waals surface area contributed by atoms with Gasteiger partial charge in [0.15, 0.2) is 0 Å². The van der Waals surface area contributed by atoms with Crippen LogP contribution in [0.1, 0.15) is 11.4 Å². The number of para-hydroxylation sites is 1. The molecule has 4 nitrogen and oxygen atoms in total. The second-order valence-corrected chi connectivity index (χ2v) is 4.41. The smallest absolute Gasteiger partial charge is 0.214 e. The van der Waals surface area contributed by atoms with E-state index >= 15 is 0 Å². The van der Waals surface area contributed by atoms with E-state index in [1.807, 2.05) is 38.1 Å². The molecule has 2 rings (SSSR count). The van der Waals surface area contributed by atoms with Gasteiger partial charge in [-0.1, -0.05) is 12.1 Å². The molecule has 82 valence electrons. The summed E-state index contributed by atoms with van der Waals surface area (Å²) < 4.78 is 0. The van der Waals surface area contributed by atoms with E-state index in [0.29, 0.717) is 5.16 Å². The number of rotatable bonds is 2. The van der Waals surface area contributed by atoms with Crippen molar-refractivity contribution in [2.75, 3.05) is 5.73 Å². The van der Waals surface area contributed by atoms with Crippen molar-refractivity contribution < 1.29 is 0 Å². The zero-order chi connectivity index (χ0) is 11.5. The van der Waals surface area contributed by atoms with Crippen LogP contribution in [0.4, 0.5) is 5.69 Å². The highest BCUT2D eigenvalue weighted by Gasteiger charge is 2.05. The molecule has 5 heteroatoms. The topological polar surface area (TPSA) is 64.7 Å². The first kappa shape index (κ1) is 10.9. The summed E-state index contributed by atoms with van der Waals surface area (Å²) in [6.07, 6.45) is 0. The average Bonchev–Trinajstić information content (AvgIpc) is 2.27. The molecule has 16 heavy (non-hydrogen) atoms. The van der Waals surface area contributed by atoms with E-state index in [4.69, 9.17) is 5.73 Å². The van der Waals surface area contributed by atoms with Gasteiger partial charge in [0, 0.05) is 10.6 Å². The van der Waals surface area contributed by atoms with E-state index in [2.05, 4.69) is 15.2 Å². The zero-order valence-corrected chi connectivity index (χ0v) is 9.95.